The molecule has 0 radical (unpaired) electrons. The largest absolute Gasteiger partial charge is 0.368 e. The van der Waals surface area contributed by atoms with E-state index in [0.29, 0.717) is 15.7 Å². The summed E-state index contributed by atoms with van der Waals surface area (Å²) in [5.74, 6) is -0.644. The van der Waals surface area contributed by atoms with Gasteiger partial charge in [-0.15, -0.1) is 21.5 Å². The molecule has 0 unspecified atom stereocenters. The molecule has 0 fully saturated rings. The van der Waals surface area contributed by atoms with Crippen LogP contribution in [0.3, 0.4) is 0 Å². The number of thiophene rings is 1. The zero-order valence-corrected chi connectivity index (χ0v) is 15.5. The Morgan fingerprint density at radius 3 is 2.85 bits per heavy atom. The topological polar surface area (TPSA) is 153 Å². The van der Waals surface area contributed by atoms with Gasteiger partial charge in [-0.25, -0.2) is 0 Å². The summed E-state index contributed by atoms with van der Waals surface area (Å²) in [4.78, 5) is 25.5. The third kappa shape index (κ3) is 3.66. The van der Waals surface area contributed by atoms with Gasteiger partial charge in [-0.1, -0.05) is 11.8 Å². The Kier molecular flexibility index (Phi) is 5.43. The summed E-state index contributed by atoms with van der Waals surface area (Å²) in [5.41, 5.74) is 12.7. The van der Waals surface area contributed by atoms with E-state index >= 15 is 0 Å². The fourth-order valence-electron chi connectivity index (χ4n) is 2.88. The van der Waals surface area contributed by atoms with Crippen LogP contribution in [-0.4, -0.2) is 32.3 Å². The number of hydrogen-bond acceptors (Lipinski definition) is 8. The standard InChI is InChI=1S/C15H17N7O2S2/c16-5-6-25-15-21-20-14(18)22(15)7-10(23)19-13-11(12(17)24)8-3-1-2-4-9(8)26-13/h1-4,6-7H2,(H2,17,24)(H2,18,20)(H,19,23). The lowest BCUT2D eigenvalue weighted by Gasteiger charge is -2.11. The summed E-state index contributed by atoms with van der Waals surface area (Å²) in [6.07, 6.45) is 3.76. The second-order valence-corrected chi connectivity index (χ2v) is 7.75. The Hall–Kier alpha value is -2.58. The maximum atomic E-state index is 12.5. The molecule has 11 heteroatoms. The minimum atomic E-state index is -0.534. The maximum Gasteiger partial charge on any atom is 0.251 e. The predicted molar refractivity (Wildman–Crippen MR) is 98.9 cm³/mol. The molecule has 0 aromatic carbocycles. The number of fused-ring (bicyclic) bond motifs is 1. The number of primary amides is 1. The average Bonchev–Trinajstić information content (AvgIpc) is 3.13. The van der Waals surface area contributed by atoms with E-state index in [2.05, 4.69) is 15.5 Å². The summed E-state index contributed by atoms with van der Waals surface area (Å²) in [5, 5.41) is 19.9. The van der Waals surface area contributed by atoms with Gasteiger partial charge in [0.05, 0.1) is 17.4 Å². The molecule has 136 valence electrons. The number of nitrogens with zero attached hydrogens (tertiary/aromatic N) is 4. The van der Waals surface area contributed by atoms with Crippen LogP contribution in [0.15, 0.2) is 5.16 Å². The van der Waals surface area contributed by atoms with Crippen molar-refractivity contribution in [3.05, 3.63) is 16.0 Å². The number of rotatable bonds is 6. The van der Waals surface area contributed by atoms with Crippen molar-refractivity contribution in [3.63, 3.8) is 0 Å². The normalized spacial score (nSPS) is 13.0. The van der Waals surface area contributed by atoms with Crippen LogP contribution >= 0.6 is 23.1 Å². The van der Waals surface area contributed by atoms with Crippen LogP contribution in [0.25, 0.3) is 0 Å². The van der Waals surface area contributed by atoms with Gasteiger partial charge < -0.3 is 16.8 Å². The highest BCUT2D eigenvalue weighted by Crippen LogP contribution is 2.37. The number of aromatic nitrogens is 3. The summed E-state index contributed by atoms with van der Waals surface area (Å²) < 4.78 is 1.43. The molecule has 1 aliphatic carbocycles. The molecule has 0 atom stereocenters. The predicted octanol–water partition coefficient (Wildman–Crippen LogP) is 1.15. The number of nitrogens with one attached hydrogen (secondary N) is 1. The summed E-state index contributed by atoms with van der Waals surface area (Å²) >= 11 is 2.54. The first-order valence-electron chi connectivity index (χ1n) is 7.94. The lowest BCUT2D eigenvalue weighted by molar-refractivity contribution is -0.116. The van der Waals surface area contributed by atoms with Crippen molar-refractivity contribution in [1.82, 2.24) is 14.8 Å². The molecular weight excluding hydrogens is 374 g/mol. The van der Waals surface area contributed by atoms with E-state index in [0.717, 1.165) is 47.9 Å². The highest BCUT2D eigenvalue weighted by atomic mass is 32.2. The second-order valence-electron chi connectivity index (χ2n) is 5.70. The molecule has 26 heavy (non-hydrogen) atoms. The third-order valence-electron chi connectivity index (χ3n) is 3.98. The molecule has 9 nitrogen and oxygen atoms in total. The zero-order valence-electron chi connectivity index (χ0n) is 13.8. The van der Waals surface area contributed by atoms with Gasteiger partial charge in [-0.3, -0.25) is 14.2 Å². The van der Waals surface area contributed by atoms with Gasteiger partial charge in [-0.2, -0.15) is 5.26 Å². The molecule has 1 aliphatic rings. The molecule has 0 saturated carbocycles. The number of nitrogens with two attached hydrogens (primary N) is 2. The van der Waals surface area contributed by atoms with Gasteiger partial charge in [0.2, 0.25) is 11.9 Å². The van der Waals surface area contributed by atoms with E-state index < -0.39 is 5.91 Å². The Morgan fingerprint density at radius 2 is 2.12 bits per heavy atom. The number of hydrogen-bond donors (Lipinski definition) is 3. The highest BCUT2D eigenvalue weighted by Gasteiger charge is 2.25. The van der Waals surface area contributed by atoms with Crippen molar-refractivity contribution < 1.29 is 9.59 Å². The van der Waals surface area contributed by atoms with Gasteiger partial charge in [0.25, 0.3) is 5.91 Å². The fourth-order valence-corrected chi connectivity index (χ4v) is 4.79. The average molecular weight is 391 g/mol. The molecule has 3 rings (SSSR count). The Labute approximate surface area is 157 Å². The second kappa shape index (κ2) is 7.76. The Balaban J connectivity index is 1.79. The lowest BCUT2D eigenvalue weighted by Crippen LogP contribution is -2.22. The number of nitriles is 1. The molecular formula is C15H17N7O2S2. The summed E-state index contributed by atoms with van der Waals surface area (Å²) in [6, 6.07) is 1.98. The number of carbonyl (C=O) groups is 2. The van der Waals surface area contributed by atoms with Gasteiger partial charge in [0.15, 0.2) is 5.16 Å². The van der Waals surface area contributed by atoms with Crippen LogP contribution < -0.4 is 16.8 Å². The van der Waals surface area contributed by atoms with Gasteiger partial charge >= 0.3 is 0 Å². The number of amides is 2. The van der Waals surface area contributed by atoms with Crippen LogP contribution in [0.1, 0.15) is 33.6 Å². The molecule has 2 heterocycles. The minimum Gasteiger partial charge on any atom is -0.368 e. The molecule has 2 aromatic heterocycles. The van der Waals surface area contributed by atoms with E-state index in [-0.39, 0.29) is 24.2 Å². The molecule has 2 amide bonds. The number of anilines is 2. The van der Waals surface area contributed by atoms with Crippen molar-refractivity contribution in [2.75, 3.05) is 16.8 Å². The molecule has 0 aliphatic heterocycles. The highest BCUT2D eigenvalue weighted by molar-refractivity contribution is 7.99. The van der Waals surface area contributed by atoms with E-state index in [9.17, 15) is 9.59 Å². The van der Waals surface area contributed by atoms with Gasteiger partial charge in [0.1, 0.15) is 11.5 Å². The summed E-state index contributed by atoms with van der Waals surface area (Å²) in [7, 11) is 0. The fraction of sp³-hybridized carbons (Fsp3) is 0.400. The Morgan fingerprint density at radius 1 is 1.35 bits per heavy atom. The molecule has 0 saturated heterocycles. The molecule has 5 N–H and O–H groups in total. The Bertz CT molecular complexity index is 897. The first-order valence-corrected chi connectivity index (χ1v) is 9.74. The maximum absolute atomic E-state index is 12.5. The smallest absolute Gasteiger partial charge is 0.251 e. The first-order chi connectivity index (χ1) is 12.5. The van der Waals surface area contributed by atoms with Gasteiger partial charge in [-0.05, 0) is 31.2 Å². The van der Waals surface area contributed by atoms with Crippen LogP contribution in [0.2, 0.25) is 0 Å². The number of aryl methyl sites for hydroxylation is 1. The van der Waals surface area contributed by atoms with E-state index in [1.54, 1.807) is 0 Å². The lowest BCUT2D eigenvalue weighted by atomic mass is 9.95. The van der Waals surface area contributed by atoms with Crippen molar-refractivity contribution in [1.29, 1.82) is 5.26 Å². The van der Waals surface area contributed by atoms with Crippen LogP contribution in [0.5, 0.6) is 0 Å². The van der Waals surface area contributed by atoms with Crippen molar-refractivity contribution >= 4 is 45.9 Å². The number of carbonyl (C=O) groups excluding carboxylic acids is 2. The van der Waals surface area contributed by atoms with E-state index in [1.165, 1.54) is 15.9 Å². The minimum absolute atomic E-state index is 0.0844. The molecule has 0 bridgehead atoms. The molecule has 2 aromatic rings. The zero-order chi connectivity index (χ0) is 18.7. The monoisotopic (exact) mass is 391 g/mol. The van der Waals surface area contributed by atoms with Crippen LogP contribution in [0, 0.1) is 11.3 Å². The van der Waals surface area contributed by atoms with Crippen LogP contribution in [-0.2, 0) is 24.2 Å². The molecule has 0 spiro atoms. The van der Waals surface area contributed by atoms with Crippen molar-refractivity contribution in [2.24, 2.45) is 5.73 Å². The van der Waals surface area contributed by atoms with E-state index in [1.807, 2.05) is 6.07 Å². The van der Waals surface area contributed by atoms with Gasteiger partial charge in [0, 0.05) is 4.88 Å². The van der Waals surface area contributed by atoms with E-state index in [4.69, 9.17) is 16.7 Å². The third-order valence-corrected chi connectivity index (χ3v) is 6.02. The first kappa shape index (κ1) is 18.2. The van der Waals surface area contributed by atoms with Crippen molar-refractivity contribution in [2.45, 2.75) is 37.4 Å². The quantitative estimate of drug-likeness (QED) is 0.624. The van der Waals surface area contributed by atoms with Crippen molar-refractivity contribution in [3.8, 4) is 6.07 Å². The SMILES string of the molecule is N#CCSc1nnc(N)n1CC(=O)Nc1sc2c(c1C(N)=O)CCCC2. The summed E-state index contributed by atoms with van der Waals surface area (Å²) in [6.45, 7) is -0.118. The number of nitrogen functional groups attached to an aromatic ring is 1. The van der Waals surface area contributed by atoms with Crippen LogP contribution in [0.4, 0.5) is 10.9 Å². The number of thioether (sulfide) groups is 1.